The molecular weight excluding hydrogens is 320 g/mol. The molecule has 0 bridgehead atoms. The number of rotatable bonds is 2. The second kappa shape index (κ2) is 4.10. The van der Waals surface area contributed by atoms with Crippen molar-refractivity contribution in [2.45, 2.75) is 0 Å². The van der Waals surface area contributed by atoms with Crippen LogP contribution in [0.2, 0.25) is 0 Å². The van der Waals surface area contributed by atoms with Gasteiger partial charge in [0.15, 0.2) is 0 Å². The summed E-state index contributed by atoms with van der Waals surface area (Å²) in [6.07, 6.45) is 0. The highest BCUT2D eigenvalue weighted by atomic mass is 79.9. The molecule has 14 heavy (non-hydrogen) atoms. The molecule has 1 rings (SSSR count). The molecular formula is C8H2Br2O4-2. The molecule has 0 radical (unpaired) electrons. The molecule has 0 heterocycles. The van der Waals surface area contributed by atoms with Crippen molar-refractivity contribution in [2.75, 3.05) is 0 Å². The van der Waals surface area contributed by atoms with E-state index in [2.05, 4.69) is 31.9 Å². The summed E-state index contributed by atoms with van der Waals surface area (Å²) < 4.78 is 0.249. The van der Waals surface area contributed by atoms with Gasteiger partial charge in [-0.3, -0.25) is 0 Å². The normalized spacial score (nSPS) is 9.86. The number of carbonyl (C=O) groups is 2. The van der Waals surface area contributed by atoms with Gasteiger partial charge in [-0.15, -0.1) is 0 Å². The molecule has 4 nitrogen and oxygen atoms in total. The van der Waals surface area contributed by atoms with E-state index in [9.17, 15) is 19.8 Å². The van der Waals surface area contributed by atoms with Gasteiger partial charge in [0, 0.05) is 20.1 Å². The first kappa shape index (κ1) is 11.2. The molecule has 0 aromatic heterocycles. The van der Waals surface area contributed by atoms with Crippen molar-refractivity contribution in [2.24, 2.45) is 0 Å². The average Bonchev–Trinajstić information content (AvgIpc) is 2.08. The SMILES string of the molecule is O=C([O-])c1ccc(C(=O)[O-])c(Br)c1Br. The van der Waals surface area contributed by atoms with Gasteiger partial charge in [-0.05, 0) is 31.9 Å². The Balaban J connectivity index is 3.41. The first-order valence-electron chi connectivity index (χ1n) is 3.36. The number of benzene rings is 1. The van der Waals surface area contributed by atoms with Crippen LogP contribution in [0.15, 0.2) is 21.1 Å². The summed E-state index contributed by atoms with van der Waals surface area (Å²) in [5.41, 5.74) is -0.247. The molecule has 74 valence electrons. The van der Waals surface area contributed by atoms with Crippen molar-refractivity contribution in [1.29, 1.82) is 0 Å². The van der Waals surface area contributed by atoms with Gasteiger partial charge in [-0.1, -0.05) is 12.1 Å². The van der Waals surface area contributed by atoms with E-state index in [1.807, 2.05) is 0 Å². The van der Waals surface area contributed by atoms with Gasteiger partial charge in [0.1, 0.15) is 0 Å². The Morgan fingerprint density at radius 2 is 1.21 bits per heavy atom. The highest BCUT2D eigenvalue weighted by Crippen LogP contribution is 2.29. The molecule has 0 aliphatic rings. The van der Waals surface area contributed by atoms with E-state index in [0.717, 1.165) is 12.1 Å². The predicted molar refractivity (Wildman–Crippen MR) is 50.5 cm³/mol. The van der Waals surface area contributed by atoms with Crippen molar-refractivity contribution in [3.05, 3.63) is 32.2 Å². The Labute approximate surface area is 95.8 Å². The number of carboxylic acid groups (broad SMARTS) is 2. The molecule has 0 saturated heterocycles. The summed E-state index contributed by atoms with van der Waals surface area (Å²) in [5.74, 6) is -2.77. The number of halogens is 2. The summed E-state index contributed by atoms with van der Waals surface area (Å²) in [4.78, 5) is 21.1. The predicted octanol–water partition coefficient (Wildman–Crippen LogP) is -0.0614. The third kappa shape index (κ3) is 1.96. The van der Waals surface area contributed by atoms with Gasteiger partial charge >= 0.3 is 0 Å². The Hall–Kier alpha value is -0.880. The van der Waals surface area contributed by atoms with Crippen molar-refractivity contribution in [3.8, 4) is 0 Å². The van der Waals surface area contributed by atoms with Crippen molar-refractivity contribution in [3.63, 3.8) is 0 Å². The van der Waals surface area contributed by atoms with Gasteiger partial charge in [0.05, 0.1) is 11.9 Å². The molecule has 0 fully saturated rings. The van der Waals surface area contributed by atoms with Crippen LogP contribution in [0.5, 0.6) is 0 Å². The van der Waals surface area contributed by atoms with Gasteiger partial charge in [0.2, 0.25) is 0 Å². The molecule has 6 heteroatoms. The fourth-order valence-corrected chi connectivity index (χ4v) is 1.88. The maximum atomic E-state index is 10.5. The minimum Gasteiger partial charge on any atom is -0.545 e. The lowest BCUT2D eigenvalue weighted by molar-refractivity contribution is -0.256. The van der Waals surface area contributed by atoms with Crippen LogP contribution in [0, 0.1) is 0 Å². The van der Waals surface area contributed by atoms with Crippen LogP contribution in [-0.4, -0.2) is 11.9 Å². The van der Waals surface area contributed by atoms with Gasteiger partial charge in [-0.25, -0.2) is 0 Å². The maximum absolute atomic E-state index is 10.5. The summed E-state index contributed by atoms with van der Waals surface area (Å²) in [6, 6.07) is 2.27. The lowest BCUT2D eigenvalue weighted by atomic mass is 10.1. The smallest absolute Gasteiger partial charge is 0.0727 e. The monoisotopic (exact) mass is 320 g/mol. The number of carbonyl (C=O) groups excluding carboxylic acids is 2. The summed E-state index contributed by atoms with van der Waals surface area (Å²) in [5, 5.41) is 21.1. The molecule has 0 aliphatic carbocycles. The van der Waals surface area contributed by atoms with E-state index in [0.29, 0.717) is 0 Å². The van der Waals surface area contributed by atoms with E-state index in [-0.39, 0.29) is 20.1 Å². The third-order valence-corrected chi connectivity index (χ3v) is 3.70. The minimum absolute atomic E-state index is 0.123. The van der Waals surface area contributed by atoms with E-state index < -0.39 is 11.9 Å². The Bertz CT molecular complexity index is 375. The average molecular weight is 322 g/mol. The fraction of sp³-hybridized carbons (Fsp3) is 0. The highest BCUT2D eigenvalue weighted by Gasteiger charge is 2.09. The fourth-order valence-electron chi connectivity index (χ4n) is 0.865. The lowest BCUT2D eigenvalue weighted by Gasteiger charge is -2.11. The molecule has 0 N–H and O–H groups in total. The zero-order valence-electron chi connectivity index (χ0n) is 6.54. The zero-order valence-corrected chi connectivity index (χ0v) is 9.72. The number of aromatic carboxylic acids is 2. The third-order valence-electron chi connectivity index (χ3n) is 1.52. The summed E-state index contributed by atoms with van der Waals surface area (Å²) in [6.45, 7) is 0. The summed E-state index contributed by atoms with van der Waals surface area (Å²) >= 11 is 5.88. The second-order valence-electron chi connectivity index (χ2n) is 2.36. The topological polar surface area (TPSA) is 80.3 Å². The molecule has 0 aliphatic heterocycles. The van der Waals surface area contributed by atoms with Gasteiger partial charge < -0.3 is 19.8 Å². The molecule has 0 atom stereocenters. The quantitative estimate of drug-likeness (QED) is 0.764. The zero-order chi connectivity index (χ0) is 10.9. The Kier molecular flexibility index (Phi) is 3.28. The van der Waals surface area contributed by atoms with Crippen LogP contribution in [0.1, 0.15) is 20.7 Å². The van der Waals surface area contributed by atoms with Crippen LogP contribution in [0.4, 0.5) is 0 Å². The van der Waals surface area contributed by atoms with E-state index in [1.54, 1.807) is 0 Å². The van der Waals surface area contributed by atoms with Crippen LogP contribution in [0.3, 0.4) is 0 Å². The minimum atomic E-state index is -1.39. The molecule has 1 aromatic carbocycles. The van der Waals surface area contributed by atoms with Crippen LogP contribution < -0.4 is 10.2 Å². The molecule has 0 amide bonds. The Morgan fingerprint density at radius 1 is 0.929 bits per heavy atom. The lowest BCUT2D eigenvalue weighted by Crippen LogP contribution is -2.25. The second-order valence-corrected chi connectivity index (χ2v) is 3.95. The number of carboxylic acids is 2. The van der Waals surface area contributed by atoms with Gasteiger partial charge in [-0.2, -0.15) is 0 Å². The van der Waals surface area contributed by atoms with E-state index in [1.165, 1.54) is 0 Å². The van der Waals surface area contributed by atoms with Crippen molar-refractivity contribution >= 4 is 43.8 Å². The molecule has 0 unspecified atom stereocenters. The standard InChI is InChI=1S/C8H4Br2O4/c9-5-3(7(11)12)1-2-4(6(5)10)8(13)14/h1-2H,(H,11,12)(H,13,14)/p-2. The van der Waals surface area contributed by atoms with Crippen LogP contribution in [0.25, 0.3) is 0 Å². The maximum Gasteiger partial charge on any atom is 0.0727 e. The Morgan fingerprint density at radius 3 is 1.43 bits per heavy atom. The van der Waals surface area contributed by atoms with Crippen LogP contribution >= 0.6 is 31.9 Å². The highest BCUT2D eigenvalue weighted by molar-refractivity contribution is 9.13. The molecule has 0 saturated carbocycles. The van der Waals surface area contributed by atoms with Crippen molar-refractivity contribution < 1.29 is 19.8 Å². The van der Waals surface area contributed by atoms with E-state index in [4.69, 9.17) is 0 Å². The van der Waals surface area contributed by atoms with Crippen LogP contribution in [-0.2, 0) is 0 Å². The first-order chi connectivity index (χ1) is 6.45. The van der Waals surface area contributed by atoms with Gasteiger partial charge in [0.25, 0.3) is 0 Å². The van der Waals surface area contributed by atoms with Crippen molar-refractivity contribution in [1.82, 2.24) is 0 Å². The number of hydrogen-bond donors (Lipinski definition) is 0. The molecule has 0 spiro atoms. The number of hydrogen-bond acceptors (Lipinski definition) is 4. The van der Waals surface area contributed by atoms with E-state index >= 15 is 0 Å². The first-order valence-corrected chi connectivity index (χ1v) is 4.94. The summed E-state index contributed by atoms with van der Waals surface area (Å²) in [7, 11) is 0. The largest absolute Gasteiger partial charge is 0.545 e. The molecule has 1 aromatic rings.